The van der Waals surface area contributed by atoms with Crippen molar-refractivity contribution < 1.29 is 13.9 Å². The highest BCUT2D eigenvalue weighted by molar-refractivity contribution is 5.76. The summed E-state index contributed by atoms with van der Waals surface area (Å²) in [6.07, 6.45) is 0.421. The molecule has 0 bridgehead atoms. The number of hydrogen-bond donors (Lipinski definition) is 1. The van der Waals surface area contributed by atoms with Crippen LogP contribution < -0.4 is 5.32 Å². The lowest BCUT2D eigenvalue weighted by atomic mass is 10.1. The first-order chi connectivity index (χ1) is 11.2. The maximum absolute atomic E-state index is 13.4. The lowest BCUT2D eigenvalue weighted by molar-refractivity contribution is -0.132. The Hall–Kier alpha value is -1.50. The smallest absolute Gasteiger partial charge is 0.223 e. The molecular formula is C17H24FN3O2. The Morgan fingerprint density at radius 2 is 2.13 bits per heavy atom. The van der Waals surface area contributed by atoms with Gasteiger partial charge in [0, 0.05) is 52.2 Å². The molecule has 0 saturated carbocycles. The number of carbonyl (C=O) groups is 1. The summed E-state index contributed by atoms with van der Waals surface area (Å²) in [5, 5.41) is 3.25. The number of morpholine rings is 1. The lowest BCUT2D eigenvalue weighted by Crippen LogP contribution is -2.47. The summed E-state index contributed by atoms with van der Waals surface area (Å²) in [6.45, 7) is 6.23. The molecule has 6 heteroatoms. The summed E-state index contributed by atoms with van der Waals surface area (Å²) in [5.41, 5.74) is 0.864. The Morgan fingerprint density at radius 3 is 2.91 bits per heavy atom. The van der Waals surface area contributed by atoms with Gasteiger partial charge in [0.2, 0.25) is 5.91 Å². The van der Waals surface area contributed by atoms with Crippen LogP contribution in [0.15, 0.2) is 24.3 Å². The molecule has 2 heterocycles. The average Bonchev–Trinajstić information content (AvgIpc) is 2.61. The van der Waals surface area contributed by atoms with E-state index in [1.807, 2.05) is 11.0 Å². The highest BCUT2D eigenvalue weighted by Crippen LogP contribution is 2.22. The Morgan fingerprint density at radius 1 is 1.30 bits per heavy atom. The predicted octanol–water partition coefficient (Wildman–Crippen LogP) is 1.02. The second kappa shape index (κ2) is 7.86. The minimum atomic E-state index is -0.239. The van der Waals surface area contributed by atoms with Gasteiger partial charge >= 0.3 is 0 Å². The van der Waals surface area contributed by atoms with Crippen molar-refractivity contribution in [2.24, 2.45) is 0 Å². The highest BCUT2D eigenvalue weighted by Gasteiger charge is 2.23. The number of carbonyl (C=O) groups excluding carboxylic acids is 1. The highest BCUT2D eigenvalue weighted by atomic mass is 19.1. The minimum Gasteiger partial charge on any atom is -0.371 e. The average molecular weight is 321 g/mol. The molecule has 1 aromatic rings. The van der Waals surface area contributed by atoms with Crippen LogP contribution in [0, 0.1) is 5.82 Å². The second-order valence-electron chi connectivity index (χ2n) is 6.10. The van der Waals surface area contributed by atoms with Crippen LogP contribution in [-0.2, 0) is 9.53 Å². The normalized spacial score (nSPS) is 23.0. The van der Waals surface area contributed by atoms with Crippen LogP contribution in [0.25, 0.3) is 0 Å². The van der Waals surface area contributed by atoms with Crippen molar-refractivity contribution in [1.29, 1.82) is 0 Å². The van der Waals surface area contributed by atoms with E-state index in [-0.39, 0.29) is 17.8 Å². The third-order valence-electron chi connectivity index (χ3n) is 4.48. The summed E-state index contributed by atoms with van der Waals surface area (Å²) in [5.74, 6) is -0.0163. The van der Waals surface area contributed by atoms with Gasteiger partial charge in [0.05, 0.1) is 12.7 Å². The van der Waals surface area contributed by atoms with E-state index >= 15 is 0 Å². The number of nitrogens with one attached hydrogen (secondary N) is 1. The Balaban J connectivity index is 1.49. The molecule has 2 saturated heterocycles. The zero-order valence-electron chi connectivity index (χ0n) is 13.3. The summed E-state index contributed by atoms with van der Waals surface area (Å²) >= 11 is 0. The van der Waals surface area contributed by atoms with Gasteiger partial charge in [-0.25, -0.2) is 4.39 Å². The van der Waals surface area contributed by atoms with E-state index in [9.17, 15) is 9.18 Å². The molecule has 1 atom stereocenters. The van der Waals surface area contributed by atoms with Gasteiger partial charge in [-0.3, -0.25) is 9.69 Å². The van der Waals surface area contributed by atoms with Crippen LogP contribution in [0.3, 0.4) is 0 Å². The third-order valence-corrected chi connectivity index (χ3v) is 4.48. The molecule has 2 aliphatic heterocycles. The molecule has 2 aliphatic rings. The fraction of sp³-hybridized carbons (Fsp3) is 0.588. The van der Waals surface area contributed by atoms with Crippen molar-refractivity contribution in [1.82, 2.24) is 15.1 Å². The molecule has 3 rings (SSSR count). The maximum Gasteiger partial charge on any atom is 0.223 e. The number of rotatable bonds is 4. The number of halogens is 1. The molecule has 1 aromatic carbocycles. The minimum absolute atomic E-state index is 0.117. The van der Waals surface area contributed by atoms with Gasteiger partial charge in [-0.15, -0.1) is 0 Å². The number of piperazine rings is 1. The second-order valence-corrected chi connectivity index (χ2v) is 6.10. The summed E-state index contributed by atoms with van der Waals surface area (Å²) in [4.78, 5) is 16.4. The molecule has 23 heavy (non-hydrogen) atoms. The van der Waals surface area contributed by atoms with Crippen molar-refractivity contribution in [3.63, 3.8) is 0 Å². The van der Waals surface area contributed by atoms with Crippen LogP contribution in [0.5, 0.6) is 0 Å². The summed E-state index contributed by atoms with van der Waals surface area (Å²) in [7, 11) is 0. The van der Waals surface area contributed by atoms with Crippen LogP contribution in [0.2, 0.25) is 0 Å². The topological polar surface area (TPSA) is 44.8 Å². The van der Waals surface area contributed by atoms with Crippen LogP contribution in [0.4, 0.5) is 4.39 Å². The van der Waals surface area contributed by atoms with Crippen molar-refractivity contribution in [2.75, 3.05) is 52.4 Å². The number of ether oxygens (including phenoxy) is 1. The largest absolute Gasteiger partial charge is 0.371 e. The third kappa shape index (κ3) is 4.50. The van der Waals surface area contributed by atoms with Gasteiger partial charge in [-0.2, -0.15) is 0 Å². The van der Waals surface area contributed by atoms with Gasteiger partial charge in [0.1, 0.15) is 5.82 Å². The van der Waals surface area contributed by atoms with E-state index in [0.29, 0.717) is 19.6 Å². The van der Waals surface area contributed by atoms with Crippen molar-refractivity contribution in [3.05, 3.63) is 35.6 Å². The van der Waals surface area contributed by atoms with Gasteiger partial charge in [-0.1, -0.05) is 12.1 Å². The predicted molar refractivity (Wildman–Crippen MR) is 85.6 cm³/mol. The number of amides is 1. The first-order valence-corrected chi connectivity index (χ1v) is 8.30. The quantitative estimate of drug-likeness (QED) is 0.899. The fourth-order valence-electron chi connectivity index (χ4n) is 3.14. The molecule has 1 N–H and O–H groups in total. The van der Waals surface area contributed by atoms with Gasteiger partial charge in [-0.05, 0) is 17.7 Å². The SMILES string of the molecule is O=C(CCN1CCOC(c2cccc(F)c2)C1)N1CCNCC1. The molecule has 1 amide bonds. The zero-order chi connectivity index (χ0) is 16.1. The van der Waals surface area contributed by atoms with Crippen molar-refractivity contribution >= 4 is 5.91 Å². The standard InChI is InChI=1S/C17H24FN3O2/c18-15-3-1-2-14(12-15)16-13-20(10-11-23-16)7-4-17(22)21-8-5-19-6-9-21/h1-3,12,16,19H,4-11,13H2. The number of nitrogens with zero attached hydrogens (tertiary/aromatic N) is 2. The van der Waals surface area contributed by atoms with E-state index < -0.39 is 0 Å². The van der Waals surface area contributed by atoms with E-state index in [0.717, 1.165) is 44.8 Å². The molecule has 1 unspecified atom stereocenters. The van der Waals surface area contributed by atoms with Crippen LogP contribution in [0.1, 0.15) is 18.1 Å². The van der Waals surface area contributed by atoms with Crippen molar-refractivity contribution in [2.45, 2.75) is 12.5 Å². The molecule has 0 radical (unpaired) electrons. The van der Waals surface area contributed by atoms with Gasteiger partial charge in [0.25, 0.3) is 0 Å². The molecule has 5 nitrogen and oxygen atoms in total. The van der Waals surface area contributed by atoms with Crippen LogP contribution >= 0.6 is 0 Å². The Bertz CT molecular complexity index is 534. The molecular weight excluding hydrogens is 297 g/mol. The first kappa shape index (κ1) is 16.4. The first-order valence-electron chi connectivity index (χ1n) is 8.30. The molecule has 126 valence electrons. The van der Waals surface area contributed by atoms with E-state index in [2.05, 4.69) is 10.2 Å². The zero-order valence-corrected chi connectivity index (χ0v) is 13.3. The maximum atomic E-state index is 13.4. The molecule has 0 spiro atoms. The van der Waals surface area contributed by atoms with Crippen LogP contribution in [-0.4, -0.2) is 68.1 Å². The number of hydrogen-bond acceptors (Lipinski definition) is 4. The monoisotopic (exact) mass is 321 g/mol. The Kier molecular flexibility index (Phi) is 5.59. The fourth-order valence-corrected chi connectivity index (χ4v) is 3.14. The lowest BCUT2D eigenvalue weighted by Gasteiger charge is -2.34. The van der Waals surface area contributed by atoms with E-state index in [1.165, 1.54) is 12.1 Å². The molecule has 0 aromatic heterocycles. The van der Waals surface area contributed by atoms with Gasteiger partial charge in [0.15, 0.2) is 0 Å². The Labute approximate surface area is 136 Å². The molecule has 2 fully saturated rings. The number of benzene rings is 1. The van der Waals surface area contributed by atoms with Gasteiger partial charge < -0.3 is 15.0 Å². The summed E-state index contributed by atoms with van der Waals surface area (Å²) in [6, 6.07) is 6.57. The van der Waals surface area contributed by atoms with E-state index in [4.69, 9.17) is 4.74 Å². The summed E-state index contributed by atoms with van der Waals surface area (Å²) < 4.78 is 19.1. The van der Waals surface area contributed by atoms with Crippen molar-refractivity contribution in [3.8, 4) is 0 Å². The molecule has 0 aliphatic carbocycles. The van der Waals surface area contributed by atoms with E-state index in [1.54, 1.807) is 6.07 Å².